The zero-order valence-corrected chi connectivity index (χ0v) is 20.9. The molecule has 1 aromatic carbocycles. The molecule has 2 amide bonds. The maximum atomic E-state index is 13.0. The van der Waals surface area contributed by atoms with Crippen LogP contribution >= 0.6 is 0 Å². The predicted molar refractivity (Wildman–Crippen MR) is 130 cm³/mol. The van der Waals surface area contributed by atoms with E-state index >= 15 is 0 Å². The molecule has 2 aliphatic carbocycles. The molecule has 2 saturated carbocycles. The maximum Gasteiger partial charge on any atom is 0.258 e. The molecule has 33 heavy (non-hydrogen) atoms. The van der Waals surface area contributed by atoms with Gasteiger partial charge in [-0.05, 0) is 74.8 Å². The average molecular weight is 459 g/mol. The van der Waals surface area contributed by atoms with Crippen LogP contribution in [0.2, 0.25) is 0 Å². The van der Waals surface area contributed by atoms with Crippen molar-refractivity contribution in [2.75, 3.05) is 19.7 Å². The van der Waals surface area contributed by atoms with Crippen molar-refractivity contribution in [1.29, 1.82) is 0 Å². The highest BCUT2D eigenvalue weighted by molar-refractivity contribution is 5.79. The van der Waals surface area contributed by atoms with Crippen molar-refractivity contribution in [3.63, 3.8) is 0 Å². The van der Waals surface area contributed by atoms with Crippen molar-refractivity contribution in [2.45, 2.75) is 72.4 Å². The SMILES string of the molecule is CCN(CC)C(=O)[C@@H](C)[C@H]1CC[C@@]2(C)CC[C@H](NC(=O)COc3ccccc3)[C@@H](C)[C@@H]2[C@H]1O. The molecule has 3 rings (SSSR count). The van der Waals surface area contributed by atoms with Crippen molar-refractivity contribution < 1.29 is 19.4 Å². The lowest BCUT2D eigenvalue weighted by atomic mass is 9.51. The Kier molecular flexibility index (Phi) is 8.43. The number of amides is 2. The zero-order chi connectivity index (χ0) is 24.2. The third-order valence-corrected chi connectivity index (χ3v) is 8.45. The van der Waals surface area contributed by atoms with Crippen LogP contribution in [-0.4, -0.2) is 53.7 Å². The van der Waals surface area contributed by atoms with E-state index in [2.05, 4.69) is 19.2 Å². The standard InChI is InChI=1S/C27H42N2O4/c1-6-29(7-2)26(32)18(3)21-13-15-27(5)16-14-22(19(4)24(27)25(21)31)28-23(30)17-33-20-11-9-8-10-12-20/h8-12,18-19,21-22,24-25,31H,6-7,13-17H2,1-5H3,(H,28,30)/t18-,19+,21+,22-,24+,25-,27-/m0/s1. The minimum Gasteiger partial charge on any atom is -0.484 e. The van der Waals surface area contributed by atoms with Crippen LogP contribution in [0.3, 0.4) is 0 Å². The van der Waals surface area contributed by atoms with Crippen molar-refractivity contribution in [1.82, 2.24) is 10.2 Å². The molecule has 2 aliphatic rings. The Balaban J connectivity index is 1.65. The normalized spacial score (nSPS) is 32.4. The first-order valence-corrected chi connectivity index (χ1v) is 12.7. The monoisotopic (exact) mass is 458 g/mol. The second kappa shape index (κ2) is 10.9. The maximum absolute atomic E-state index is 13.0. The van der Waals surface area contributed by atoms with Crippen LogP contribution in [0.5, 0.6) is 5.75 Å². The minimum absolute atomic E-state index is 0.00265. The molecule has 184 valence electrons. The number of aliphatic hydroxyl groups excluding tert-OH is 1. The number of hydrogen-bond acceptors (Lipinski definition) is 4. The molecule has 0 aromatic heterocycles. The first kappa shape index (κ1) is 25.5. The summed E-state index contributed by atoms with van der Waals surface area (Å²) in [5.74, 6) is 0.607. The summed E-state index contributed by atoms with van der Waals surface area (Å²) in [4.78, 5) is 27.5. The number of ether oxygens (including phenoxy) is 1. The van der Waals surface area contributed by atoms with Gasteiger partial charge in [-0.15, -0.1) is 0 Å². The van der Waals surface area contributed by atoms with Gasteiger partial charge in [0, 0.05) is 25.0 Å². The Morgan fingerprint density at radius 1 is 1.18 bits per heavy atom. The van der Waals surface area contributed by atoms with Gasteiger partial charge in [-0.1, -0.05) is 39.0 Å². The molecule has 0 bridgehead atoms. The van der Waals surface area contributed by atoms with E-state index in [4.69, 9.17) is 4.74 Å². The fourth-order valence-corrected chi connectivity index (χ4v) is 6.42. The van der Waals surface area contributed by atoms with Gasteiger partial charge in [-0.25, -0.2) is 0 Å². The summed E-state index contributed by atoms with van der Waals surface area (Å²) >= 11 is 0. The molecule has 6 nitrogen and oxygen atoms in total. The van der Waals surface area contributed by atoms with Gasteiger partial charge in [0.25, 0.3) is 5.91 Å². The molecule has 0 unspecified atom stereocenters. The fourth-order valence-electron chi connectivity index (χ4n) is 6.42. The number of carbonyl (C=O) groups is 2. The van der Waals surface area contributed by atoms with E-state index in [1.165, 1.54) is 0 Å². The summed E-state index contributed by atoms with van der Waals surface area (Å²) in [6.07, 6.45) is 3.20. The van der Waals surface area contributed by atoms with Crippen LogP contribution in [0.1, 0.15) is 60.3 Å². The van der Waals surface area contributed by atoms with Crippen molar-refractivity contribution in [3.8, 4) is 5.75 Å². The number of fused-ring (bicyclic) bond motifs is 1. The fraction of sp³-hybridized carbons (Fsp3) is 0.704. The molecule has 6 heteroatoms. The summed E-state index contributed by atoms with van der Waals surface area (Å²) in [5.41, 5.74) is 0.0368. The molecule has 0 heterocycles. The summed E-state index contributed by atoms with van der Waals surface area (Å²) in [6.45, 7) is 11.8. The van der Waals surface area contributed by atoms with E-state index in [1.807, 2.05) is 56.0 Å². The molecule has 0 aliphatic heterocycles. The zero-order valence-electron chi connectivity index (χ0n) is 20.9. The first-order valence-electron chi connectivity index (χ1n) is 12.7. The van der Waals surface area contributed by atoms with Gasteiger partial charge in [0.1, 0.15) is 5.75 Å². The average Bonchev–Trinajstić information content (AvgIpc) is 2.81. The molecule has 1 aromatic rings. The molecule has 2 N–H and O–H groups in total. The predicted octanol–water partition coefficient (Wildman–Crippen LogP) is 3.88. The number of nitrogens with zero attached hydrogens (tertiary/aromatic N) is 1. The van der Waals surface area contributed by atoms with Crippen LogP contribution in [-0.2, 0) is 9.59 Å². The van der Waals surface area contributed by atoms with Gasteiger partial charge in [-0.2, -0.15) is 0 Å². The van der Waals surface area contributed by atoms with Gasteiger partial charge in [0.2, 0.25) is 5.91 Å². The number of aliphatic hydroxyl groups is 1. The van der Waals surface area contributed by atoms with Crippen molar-refractivity contribution in [2.24, 2.45) is 29.1 Å². The first-order chi connectivity index (χ1) is 15.7. The van der Waals surface area contributed by atoms with E-state index in [0.717, 1.165) is 25.7 Å². The van der Waals surface area contributed by atoms with Gasteiger partial charge < -0.3 is 20.1 Å². The lowest BCUT2D eigenvalue weighted by Gasteiger charge is -2.56. The van der Waals surface area contributed by atoms with Gasteiger partial charge >= 0.3 is 0 Å². The van der Waals surface area contributed by atoms with Crippen molar-refractivity contribution >= 4 is 11.8 Å². The Labute approximate surface area is 199 Å². The summed E-state index contributed by atoms with van der Waals surface area (Å²) in [5, 5.41) is 14.7. The highest BCUT2D eigenvalue weighted by atomic mass is 16.5. The molecular weight excluding hydrogens is 416 g/mol. The van der Waals surface area contributed by atoms with Gasteiger partial charge in [0.05, 0.1) is 6.10 Å². The Morgan fingerprint density at radius 2 is 1.82 bits per heavy atom. The quantitative estimate of drug-likeness (QED) is 0.620. The lowest BCUT2D eigenvalue weighted by molar-refractivity contribution is -0.150. The smallest absolute Gasteiger partial charge is 0.258 e. The summed E-state index contributed by atoms with van der Waals surface area (Å²) < 4.78 is 5.61. The molecule has 0 spiro atoms. The lowest BCUT2D eigenvalue weighted by Crippen LogP contribution is -2.59. The highest BCUT2D eigenvalue weighted by Crippen LogP contribution is 2.55. The van der Waals surface area contributed by atoms with Crippen LogP contribution in [0.25, 0.3) is 0 Å². The molecule has 7 atom stereocenters. The van der Waals surface area contributed by atoms with Crippen LogP contribution in [0, 0.1) is 29.1 Å². The van der Waals surface area contributed by atoms with E-state index < -0.39 is 6.10 Å². The van der Waals surface area contributed by atoms with Gasteiger partial charge in [-0.3, -0.25) is 9.59 Å². The Morgan fingerprint density at radius 3 is 2.45 bits per heavy atom. The van der Waals surface area contributed by atoms with E-state index in [9.17, 15) is 14.7 Å². The largest absolute Gasteiger partial charge is 0.484 e. The number of hydrogen-bond donors (Lipinski definition) is 2. The topological polar surface area (TPSA) is 78.9 Å². The highest BCUT2D eigenvalue weighted by Gasteiger charge is 2.54. The van der Waals surface area contributed by atoms with E-state index in [-0.39, 0.29) is 53.5 Å². The summed E-state index contributed by atoms with van der Waals surface area (Å²) in [7, 11) is 0. The second-order valence-electron chi connectivity index (χ2n) is 10.3. The summed E-state index contributed by atoms with van der Waals surface area (Å²) in [6, 6.07) is 9.33. The van der Waals surface area contributed by atoms with Crippen LogP contribution in [0.4, 0.5) is 0 Å². The third kappa shape index (κ3) is 5.53. The molecule has 0 saturated heterocycles. The van der Waals surface area contributed by atoms with Crippen molar-refractivity contribution in [3.05, 3.63) is 30.3 Å². The number of benzene rings is 1. The van der Waals surface area contributed by atoms with E-state index in [0.29, 0.717) is 18.8 Å². The number of carbonyl (C=O) groups excluding carboxylic acids is 2. The molecule has 2 fully saturated rings. The van der Waals surface area contributed by atoms with Crippen LogP contribution in [0.15, 0.2) is 30.3 Å². The molecule has 0 radical (unpaired) electrons. The van der Waals surface area contributed by atoms with E-state index in [1.54, 1.807) is 0 Å². The van der Waals surface area contributed by atoms with Crippen LogP contribution < -0.4 is 10.1 Å². The minimum atomic E-state index is -0.548. The number of para-hydroxylation sites is 1. The van der Waals surface area contributed by atoms with Gasteiger partial charge in [0.15, 0.2) is 6.61 Å². The Hall–Kier alpha value is -2.08. The number of nitrogens with one attached hydrogen (secondary N) is 1. The number of rotatable bonds is 8. The third-order valence-electron chi connectivity index (χ3n) is 8.45. The second-order valence-corrected chi connectivity index (χ2v) is 10.3. The molecular formula is C27H42N2O4. The Bertz CT molecular complexity index is 797.